The molecule has 1 saturated heterocycles. The summed E-state index contributed by atoms with van der Waals surface area (Å²) in [6, 6.07) is 4.47. The molecular formula is C18H22N2O4S. The van der Waals surface area contributed by atoms with Gasteiger partial charge in [-0.25, -0.2) is 12.7 Å². The number of fused-ring (bicyclic) bond motifs is 1. The third-order valence-electron chi connectivity index (χ3n) is 5.43. The SMILES string of the molecule is CCC1CCCCN1C(=O)c1ccc2c(c1)S(=O)(=O)N(C1CC1)C2=O. The largest absolute Gasteiger partial charge is 0.336 e. The Bertz CT molecular complexity index is 845. The Morgan fingerprint density at radius 3 is 2.64 bits per heavy atom. The second-order valence-corrected chi connectivity index (χ2v) is 8.89. The molecule has 6 nitrogen and oxygen atoms in total. The van der Waals surface area contributed by atoms with E-state index in [1.54, 1.807) is 6.07 Å². The molecule has 0 radical (unpaired) electrons. The first-order valence-electron chi connectivity index (χ1n) is 8.99. The molecule has 1 unspecified atom stereocenters. The van der Waals surface area contributed by atoms with E-state index in [0.717, 1.165) is 42.8 Å². The quantitative estimate of drug-likeness (QED) is 0.827. The van der Waals surface area contributed by atoms with Gasteiger partial charge in [0, 0.05) is 24.2 Å². The van der Waals surface area contributed by atoms with Crippen LogP contribution in [0.1, 0.15) is 66.2 Å². The zero-order valence-electron chi connectivity index (χ0n) is 14.3. The first-order chi connectivity index (χ1) is 11.9. The lowest BCUT2D eigenvalue weighted by Gasteiger charge is -2.35. The van der Waals surface area contributed by atoms with Gasteiger partial charge in [-0.2, -0.15) is 0 Å². The maximum Gasteiger partial charge on any atom is 0.269 e. The minimum absolute atomic E-state index is 0.0136. The van der Waals surface area contributed by atoms with Crippen LogP contribution >= 0.6 is 0 Å². The van der Waals surface area contributed by atoms with Gasteiger partial charge in [-0.1, -0.05) is 6.92 Å². The molecule has 2 amide bonds. The maximum atomic E-state index is 12.9. The lowest BCUT2D eigenvalue weighted by atomic mass is 9.98. The normalized spacial score (nSPS) is 25.2. The van der Waals surface area contributed by atoms with Crippen LogP contribution < -0.4 is 0 Å². The van der Waals surface area contributed by atoms with Crippen molar-refractivity contribution in [1.82, 2.24) is 9.21 Å². The molecular weight excluding hydrogens is 340 g/mol. The Labute approximate surface area is 147 Å². The van der Waals surface area contributed by atoms with Crippen molar-refractivity contribution in [3.05, 3.63) is 29.3 Å². The molecule has 1 aliphatic carbocycles. The van der Waals surface area contributed by atoms with E-state index in [1.807, 2.05) is 4.90 Å². The van der Waals surface area contributed by atoms with Crippen molar-refractivity contribution in [2.75, 3.05) is 6.54 Å². The average molecular weight is 362 g/mol. The van der Waals surface area contributed by atoms with Crippen molar-refractivity contribution in [1.29, 1.82) is 0 Å². The fourth-order valence-corrected chi connectivity index (χ4v) is 5.75. The van der Waals surface area contributed by atoms with Crippen molar-refractivity contribution in [2.24, 2.45) is 0 Å². The molecule has 0 aromatic heterocycles. The molecule has 0 spiro atoms. The predicted molar refractivity (Wildman–Crippen MR) is 91.8 cm³/mol. The van der Waals surface area contributed by atoms with Gasteiger partial charge in [0.05, 0.1) is 5.56 Å². The summed E-state index contributed by atoms with van der Waals surface area (Å²) in [7, 11) is -3.83. The molecule has 2 aliphatic heterocycles. The molecule has 7 heteroatoms. The fourth-order valence-electron chi connectivity index (χ4n) is 3.91. The highest BCUT2D eigenvalue weighted by atomic mass is 32.2. The first-order valence-corrected chi connectivity index (χ1v) is 10.4. The minimum Gasteiger partial charge on any atom is -0.336 e. The lowest BCUT2D eigenvalue weighted by molar-refractivity contribution is 0.0607. The molecule has 0 bridgehead atoms. The average Bonchev–Trinajstić information content (AvgIpc) is 3.42. The highest BCUT2D eigenvalue weighted by molar-refractivity contribution is 7.90. The number of benzene rings is 1. The van der Waals surface area contributed by atoms with Crippen LogP contribution in [-0.4, -0.2) is 48.1 Å². The van der Waals surface area contributed by atoms with Crippen LogP contribution in [0.25, 0.3) is 0 Å². The summed E-state index contributed by atoms with van der Waals surface area (Å²) in [6.07, 6.45) is 5.40. The number of amides is 2. The van der Waals surface area contributed by atoms with Crippen LogP contribution in [-0.2, 0) is 10.0 Å². The monoisotopic (exact) mass is 362 g/mol. The van der Waals surface area contributed by atoms with Gasteiger partial charge < -0.3 is 4.90 Å². The van der Waals surface area contributed by atoms with E-state index in [0.29, 0.717) is 12.1 Å². The second-order valence-electron chi connectivity index (χ2n) is 7.10. The Hall–Kier alpha value is -1.89. The van der Waals surface area contributed by atoms with Crippen LogP contribution in [0.5, 0.6) is 0 Å². The van der Waals surface area contributed by atoms with Gasteiger partial charge in [-0.15, -0.1) is 0 Å². The van der Waals surface area contributed by atoms with Crippen LogP contribution in [0.3, 0.4) is 0 Å². The highest BCUT2D eigenvalue weighted by Crippen LogP contribution is 2.39. The number of likely N-dealkylation sites (tertiary alicyclic amines) is 1. The number of piperidine rings is 1. The molecule has 25 heavy (non-hydrogen) atoms. The number of carbonyl (C=O) groups excluding carboxylic acids is 2. The van der Waals surface area contributed by atoms with Crippen LogP contribution in [0.15, 0.2) is 23.1 Å². The van der Waals surface area contributed by atoms with E-state index in [2.05, 4.69) is 6.92 Å². The molecule has 4 rings (SSSR count). The minimum atomic E-state index is -3.83. The van der Waals surface area contributed by atoms with E-state index < -0.39 is 15.9 Å². The number of sulfonamides is 1. The lowest BCUT2D eigenvalue weighted by Crippen LogP contribution is -2.43. The van der Waals surface area contributed by atoms with Gasteiger partial charge in [-0.3, -0.25) is 9.59 Å². The van der Waals surface area contributed by atoms with Gasteiger partial charge >= 0.3 is 0 Å². The third kappa shape index (κ3) is 2.56. The van der Waals surface area contributed by atoms with Crippen LogP contribution in [0.4, 0.5) is 0 Å². The summed E-state index contributed by atoms with van der Waals surface area (Å²) in [5, 5.41) is 0. The molecule has 3 aliphatic rings. The molecule has 2 fully saturated rings. The summed E-state index contributed by atoms with van der Waals surface area (Å²) < 4.78 is 26.5. The third-order valence-corrected chi connectivity index (χ3v) is 7.31. The first kappa shape index (κ1) is 16.6. The van der Waals surface area contributed by atoms with Crippen molar-refractivity contribution < 1.29 is 18.0 Å². The molecule has 134 valence electrons. The van der Waals surface area contributed by atoms with Crippen molar-refractivity contribution in [3.8, 4) is 0 Å². The summed E-state index contributed by atoms with van der Waals surface area (Å²) >= 11 is 0. The summed E-state index contributed by atoms with van der Waals surface area (Å²) in [5.74, 6) is -0.595. The Morgan fingerprint density at radius 2 is 1.96 bits per heavy atom. The van der Waals surface area contributed by atoms with Gasteiger partial charge in [0.1, 0.15) is 4.90 Å². The highest BCUT2D eigenvalue weighted by Gasteiger charge is 2.49. The number of carbonyl (C=O) groups is 2. The summed E-state index contributed by atoms with van der Waals surface area (Å²) in [5.41, 5.74) is 0.544. The summed E-state index contributed by atoms with van der Waals surface area (Å²) in [6.45, 7) is 2.77. The number of nitrogens with zero attached hydrogens (tertiary/aromatic N) is 2. The zero-order chi connectivity index (χ0) is 17.8. The molecule has 1 atom stereocenters. The second kappa shape index (κ2) is 5.83. The predicted octanol–water partition coefficient (Wildman–Crippen LogP) is 2.40. The molecule has 2 heterocycles. The van der Waals surface area contributed by atoms with E-state index in [4.69, 9.17) is 0 Å². The number of rotatable bonds is 3. The van der Waals surface area contributed by atoms with E-state index >= 15 is 0 Å². The fraction of sp³-hybridized carbons (Fsp3) is 0.556. The van der Waals surface area contributed by atoms with E-state index in [1.165, 1.54) is 12.1 Å². The van der Waals surface area contributed by atoms with Gasteiger partial charge in [0.25, 0.3) is 21.8 Å². The Kier molecular flexibility index (Phi) is 3.86. The van der Waals surface area contributed by atoms with Crippen molar-refractivity contribution >= 4 is 21.8 Å². The van der Waals surface area contributed by atoms with Gasteiger partial charge in [-0.05, 0) is 56.7 Å². The number of hydrogen-bond donors (Lipinski definition) is 0. The molecule has 1 saturated carbocycles. The maximum absolute atomic E-state index is 12.9. The Balaban J connectivity index is 1.69. The van der Waals surface area contributed by atoms with Crippen molar-refractivity contribution in [3.63, 3.8) is 0 Å². The number of hydrogen-bond acceptors (Lipinski definition) is 4. The van der Waals surface area contributed by atoms with E-state index in [9.17, 15) is 18.0 Å². The van der Waals surface area contributed by atoms with Crippen LogP contribution in [0.2, 0.25) is 0 Å². The molecule has 0 N–H and O–H groups in total. The molecule has 1 aromatic rings. The standard InChI is InChI=1S/C18H22N2O4S/c1-2-13-5-3-4-10-19(13)17(21)12-6-9-15-16(11-12)25(23,24)20(18(15)22)14-7-8-14/h6,9,11,13-14H,2-5,7-8,10H2,1H3. The topological polar surface area (TPSA) is 74.8 Å². The smallest absolute Gasteiger partial charge is 0.269 e. The van der Waals surface area contributed by atoms with Gasteiger partial charge in [0.15, 0.2) is 0 Å². The van der Waals surface area contributed by atoms with Crippen molar-refractivity contribution in [2.45, 2.75) is 62.4 Å². The zero-order valence-corrected chi connectivity index (χ0v) is 15.1. The van der Waals surface area contributed by atoms with Crippen LogP contribution in [0, 0.1) is 0 Å². The molecule has 1 aromatic carbocycles. The van der Waals surface area contributed by atoms with Gasteiger partial charge in [0.2, 0.25) is 0 Å². The Morgan fingerprint density at radius 1 is 1.20 bits per heavy atom. The summed E-state index contributed by atoms with van der Waals surface area (Å²) in [4.78, 5) is 27.2. The van der Waals surface area contributed by atoms with E-state index in [-0.39, 0.29) is 28.4 Å².